The average molecular weight is 734 g/mol. The predicted octanol–water partition coefficient (Wildman–Crippen LogP) is 5.15. The molecule has 5 N–H and O–H groups in total. The van der Waals surface area contributed by atoms with Gasteiger partial charge in [0.05, 0.1) is 30.6 Å². The van der Waals surface area contributed by atoms with E-state index in [9.17, 15) is 24.3 Å². The van der Waals surface area contributed by atoms with Gasteiger partial charge in [-0.2, -0.15) is 0 Å². The summed E-state index contributed by atoms with van der Waals surface area (Å²) in [5, 5.41) is 21.5. The number of nitrogens with one attached hydrogen (secondary N) is 4. The molecule has 12 nitrogen and oxygen atoms in total. The minimum atomic E-state index is -1.26. The number of hydrogen-bond acceptors (Lipinski definition) is 8. The number of esters is 1. The first-order valence-corrected chi connectivity index (χ1v) is 18.0. The third-order valence-electron chi connectivity index (χ3n) is 8.86. The number of rotatable bonds is 18. The summed E-state index contributed by atoms with van der Waals surface area (Å²) in [6.07, 6.45) is 1.13. The second-order valence-corrected chi connectivity index (χ2v) is 13.6. The minimum absolute atomic E-state index is 0.00116. The lowest BCUT2D eigenvalue weighted by molar-refractivity contribution is -0.148. The van der Waals surface area contributed by atoms with Gasteiger partial charge in [0, 0.05) is 19.0 Å². The van der Waals surface area contributed by atoms with E-state index in [0.29, 0.717) is 12.1 Å². The lowest BCUT2D eigenvalue weighted by Gasteiger charge is -2.28. The fourth-order valence-electron chi connectivity index (χ4n) is 6.11. The van der Waals surface area contributed by atoms with Crippen molar-refractivity contribution in [3.8, 4) is 0 Å². The van der Waals surface area contributed by atoms with Crippen molar-refractivity contribution < 1.29 is 33.8 Å². The maximum absolute atomic E-state index is 14.2. The van der Waals surface area contributed by atoms with Gasteiger partial charge in [-0.15, -0.1) is 0 Å². The normalized spacial score (nSPS) is 13.3. The highest BCUT2D eigenvalue weighted by Gasteiger charge is 2.32. The number of aromatic nitrogens is 2. The van der Waals surface area contributed by atoms with E-state index in [4.69, 9.17) is 9.47 Å². The third kappa shape index (κ3) is 12.0. The monoisotopic (exact) mass is 733 g/mol. The van der Waals surface area contributed by atoms with Crippen molar-refractivity contribution in [1.29, 1.82) is 0 Å². The van der Waals surface area contributed by atoms with Crippen molar-refractivity contribution in [2.24, 2.45) is 5.92 Å². The number of imidazole rings is 1. The summed E-state index contributed by atoms with van der Waals surface area (Å²) in [6, 6.07) is 28.7. The molecule has 3 amide bonds. The predicted molar refractivity (Wildman–Crippen MR) is 204 cm³/mol. The van der Waals surface area contributed by atoms with Gasteiger partial charge in [0.25, 0.3) is 0 Å². The molecule has 12 heteroatoms. The quantitative estimate of drug-likeness (QED) is 0.0770. The zero-order valence-electron chi connectivity index (χ0n) is 30.4. The average Bonchev–Trinajstić information content (AvgIpc) is 3.69. The Labute approximate surface area is 314 Å². The van der Waals surface area contributed by atoms with Crippen molar-refractivity contribution in [3.63, 3.8) is 0 Å². The van der Waals surface area contributed by atoms with Crippen molar-refractivity contribution in [2.45, 2.75) is 77.0 Å². The molecule has 5 rings (SSSR count). The molecular formula is C42H47N5O7. The van der Waals surface area contributed by atoms with Gasteiger partial charge < -0.3 is 35.5 Å². The number of fused-ring (bicyclic) bond motifs is 1. The van der Waals surface area contributed by atoms with Crippen LogP contribution in [0.1, 0.15) is 49.1 Å². The number of aliphatic hydroxyl groups is 1. The van der Waals surface area contributed by atoms with Crippen molar-refractivity contribution in [2.75, 3.05) is 0 Å². The molecule has 54 heavy (non-hydrogen) atoms. The first-order valence-electron chi connectivity index (χ1n) is 18.0. The smallest absolute Gasteiger partial charge is 0.408 e. The molecule has 1 aromatic heterocycles. The van der Waals surface area contributed by atoms with Crippen LogP contribution in [-0.4, -0.2) is 63.2 Å². The summed E-state index contributed by atoms with van der Waals surface area (Å²) in [5.74, 6) is -1.79. The van der Waals surface area contributed by atoms with Crippen LogP contribution in [0, 0.1) is 5.92 Å². The second-order valence-electron chi connectivity index (χ2n) is 13.6. The number of alkyl carbamates (subject to hydrolysis) is 1. The van der Waals surface area contributed by atoms with Crippen LogP contribution in [0.5, 0.6) is 0 Å². The minimum Gasteiger partial charge on any atom is -0.461 e. The summed E-state index contributed by atoms with van der Waals surface area (Å²) in [7, 11) is 0. The molecule has 4 aromatic carbocycles. The fourth-order valence-corrected chi connectivity index (χ4v) is 6.11. The Bertz CT molecular complexity index is 1950. The number of ether oxygens (including phenoxy) is 2. The maximum atomic E-state index is 14.2. The number of H-pyrrole nitrogens is 1. The van der Waals surface area contributed by atoms with Crippen LogP contribution < -0.4 is 16.0 Å². The molecule has 0 saturated heterocycles. The SMILES string of the molecule is CC(C)CC(NC(=O)[C@@H](Cc1c[nH]cn1)NC(=O)[C@@H](Cc1cccc2ccccc12)NC(=O)OCc1ccccc1)C(O)CC(=O)OCc1ccccc1. The molecule has 0 spiro atoms. The summed E-state index contributed by atoms with van der Waals surface area (Å²) in [5.41, 5.74) is 2.90. The highest BCUT2D eigenvalue weighted by atomic mass is 16.5. The lowest BCUT2D eigenvalue weighted by Crippen LogP contribution is -2.57. The highest BCUT2D eigenvalue weighted by Crippen LogP contribution is 2.20. The molecule has 0 aliphatic heterocycles. The molecule has 1 heterocycles. The summed E-state index contributed by atoms with van der Waals surface area (Å²) < 4.78 is 10.9. The van der Waals surface area contributed by atoms with Gasteiger partial charge in [-0.1, -0.05) is 117 Å². The molecular weight excluding hydrogens is 686 g/mol. The number of hydrogen-bond donors (Lipinski definition) is 5. The van der Waals surface area contributed by atoms with Crippen LogP contribution in [0.2, 0.25) is 0 Å². The topological polar surface area (TPSA) is 172 Å². The highest BCUT2D eigenvalue weighted by molar-refractivity contribution is 5.93. The molecule has 0 saturated carbocycles. The Hall–Kier alpha value is -6.01. The van der Waals surface area contributed by atoms with Gasteiger partial charge >= 0.3 is 12.1 Å². The number of carbonyl (C=O) groups excluding carboxylic acids is 4. The van der Waals surface area contributed by atoms with E-state index >= 15 is 0 Å². The van der Waals surface area contributed by atoms with E-state index in [-0.39, 0.29) is 38.4 Å². The summed E-state index contributed by atoms with van der Waals surface area (Å²) >= 11 is 0. The standard InChI is InChI=1S/C42H47N5O7/c1-28(2)20-35(38(48)23-39(49)53-25-29-12-5-3-6-13-29)45-41(51)37(22-33-24-43-27-44-33)46-40(50)36(47-42(52)54-26-30-14-7-4-8-15-30)21-32-18-11-17-31-16-9-10-19-34(31)32/h3-19,24,27-28,35-38,48H,20-23,25-26H2,1-2H3,(H,43,44)(H,45,51)(H,46,50)(H,47,52)/t35?,36-,37-,38?/m1/s1. The summed E-state index contributed by atoms with van der Waals surface area (Å²) in [6.45, 7) is 3.92. The molecule has 0 aliphatic carbocycles. The van der Waals surface area contributed by atoms with Crippen molar-refractivity contribution >= 4 is 34.6 Å². The first kappa shape index (κ1) is 39.2. The van der Waals surface area contributed by atoms with Gasteiger partial charge in [0.2, 0.25) is 11.8 Å². The second kappa shape index (κ2) is 19.7. The molecule has 282 valence electrons. The number of nitrogens with zero attached hydrogens (tertiary/aromatic N) is 1. The Morgan fingerprint density at radius 3 is 2.00 bits per heavy atom. The van der Waals surface area contributed by atoms with Crippen molar-refractivity contribution in [3.05, 3.63) is 138 Å². The molecule has 2 unspecified atom stereocenters. The zero-order valence-corrected chi connectivity index (χ0v) is 30.4. The van der Waals surface area contributed by atoms with E-state index in [1.807, 2.05) is 117 Å². The molecule has 0 aliphatic rings. The van der Waals surface area contributed by atoms with Crippen LogP contribution in [0.15, 0.2) is 116 Å². The Morgan fingerprint density at radius 1 is 0.722 bits per heavy atom. The Morgan fingerprint density at radius 2 is 1.33 bits per heavy atom. The molecule has 5 aromatic rings. The van der Waals surface area contributed by atoms with Gasteiger partial charge in [-0.3, -0.25) is 14.4 Å². The van der Waals surface area contributed by atoms with Gasteiger partial charge in [-0.25, -0.2) is 9.78 Å². The van der Waals surface area contributed by atoms with Crippen LogP contribution in [-0.2, 0) is 49.9 Å². The van der Waals surface area contributed by atoms with Crippen molar-refractivity contribution in [1.82, 2.24) is 25.9 Å². The Kier molecular flexibility index (Phi) is 14.3. The third-order valence-corrected chi connectivity index (χ3v) is 8.86. The fraction of sp³-hybridized carbons (Fsp3) is 0.310. The van der Waals surface area contributed by atoms with Crippen LogP contribution in [0.3, 0.4) is 0 Å². The van der Waals surface area contributed by atoms with Gasteiger partial charge in [0.15, 0.2) is 0 Å². The van der Waals surface area contributed by atoms with Crippen LogP contribution in [0.25, 0.3) is 10.8 Å². The number of aromatic amines is 1. The Balaban J connectivity index is 1.32. The van der Waals surface area contributed by atoms with Gasteiger partial charge in [-0.05, 0) is 39.8 Å². The summed E-state index contributed by atoms with van der Waals surface area (Å²) in [4.78, 5) is 61.2. The number of amides is 3. The van der Waals surface area contributed by atoms with E-state index in [1.165, 1.54) is 6.33 Å². The maximum Gasteiger partial charge on any atom is 0.408 e. The largest absolute Gasteiger partial charge is 0.461 e. The number of carbonyl (C=O) groups is 4. The van der Waals surface area contributed by atoms with Gasteiger partial charge in [0.1, 0.15) is 25.3 Å². The van der Waals surface area contributed by atoms with Crippen LogP contribution in [0.4, 0.5) is 4.79 Å². The van der Waals surface area contributed by atoms with E-state index in [1.54, 1.807) is 6.20 Å². The molecule has 0 bridgehead atoms. The van der Waals surface area contributed by atoms with E-state index in [0.717, 1.165) is 27.5 Å². The number of benzene rings is 4. The molecule has 4 atom stereocenters. The van der Waals surface area contributed by atoms with Crippen LogP contribution >= 0.6 is 0 Å². The zero-order chi connectivity index (χ0) is 38.3. The molecule has 0 radical (unpaired) electrons. The molecule has 0 fully saturated rings. The van der Waals surface area contributed by atoms with E-state index < -0.39 is 48.1 Å². The van der Waals surface area contributed by atoms with E-state index in [2.05, 4.69) is 25.9 Å². The number of aliphatic hydroxyl groups excluding tert-OH is 1. The lowest BCUT2D eigenvalue weighted by atomic mass is 9.96. The first-order chi connectivity index (χ1) is 26.1.